The predicted octanol–water partition coefficient (Wildman–Crippen LogP) is 1.74. The van der Waals surface area contributed by atoms with Crippen molar-refractivity contribution in [2.24, 2.45) is 0 Å². The smallest absolute Gasteiger partial charge is 0.125 e. The molecular formula is C11H11N3O. The summed E-state index contributed by atoms with van der Waals surface area (Å²) in [4.78, 5) is 0. The van der Waals surface area contributed by atoms with Crippen LogP contribution in [0.25, 0.3) is 11.3 Å². The lowest BCUT2D eigenvalue weighted by molar-refractivity contribution is 0.477. The molecule has 4 heteroatoms. The quantitative estimate of drug-likeness (QED) is 0.737. The van der Waals surface area contributed by atoms with Crippen LogP contribution in [0, 0.1) is 6.92 Å². The van der Waals surface area contributed by atoms with Crippen molar-refractivity contribution in [3.05, 3.63) is 36.0 Å². The van der Waals surface area contributed by atoms with Gasteiger partial charge in [-0.05, 0) is 24.6 Å². The van der Waals surface area contributed by atoms with Crippen molar-refractivity contribution < 1.29 is 5.11 Å². The average molecular weight is 201 g/mol. The van der Waals surface area contributed by atoms with E-state index >= 15 is 0 Å². The molecule has 2 aromatic rings. The molecule has 0 amide bonds. The fourth-order valence-electron chi connectivity index (χ4n) is 1.36. The van der Waals surface area contributed by atoms with Crippen LogP contribution in [0.4, 0.5) is 5.69 Å². The molecule has 0 aliphatic heterocycles. The second kappa shape index (κ2) is 3.57. The van der Waals surface area contributed by atoms with Crippen LogP contribution >= 0.6 is 0 Å². The number of aromatic nitrogens is 2. The third kappa shape index (κ3) is 1.61. The summed E-state index contributed by atoms with van der Waals surface area (Å²) in [5.74, 6) is 0.157. The van der Waals surface area contributed by atoms with Gasteiger partial charge < -0.3 is 10.8 Å². The third-order valence-corrected chi connectivity index (χ3v) is 2.25. The monoisotopic (exact) mass is 201 g/mol. The van der Waals surface area contributed by atoms with E-state index in [9.17, 15) is 5.11 Å². The van der Waals surface area contributed by atoms with Crippen LogP contribution in [-0.2, 0) is 0 Å². The summed E-state index contributed by atoms with van der Waals surface area (Å²) in [6.07, 6.45) is 1.60. The van der Waals surface area contributed by atoms with Crippen molar-refractivity contribution in [3.63, 3.8) is 0 Å². The molecule has 0 fully saturated rings. The molecule has 0 saturated carbocycles. The van der Waals surface area contributed by atoms with E-state index in [2.05, 4.69) is 10.2 Å². The molecule has 1 aromatic heterocycles. The number of hydrogen-bond acceptors (Lipinski definition) is 4. The molecule has 2 rings (SSSR count). The lowest BCUT2D eigenvalue weighted by Crippen LogP contribution is -1.98. The van der Waals surface area contributed by atoms with E-state index in [1.807, 2.05) is 13.0 Å². The predicted molar refractivity (Wildman–Crippen MR) is 58.3 cm³/mol. The molecule has 4 nitrogen and oxygen atoms in total. The molecule has 0 bridgehead atoms. The summed E-state index contributed by atoms with van der Waals surface area (Å²) in [6.45, 7) is 1.85. The maximum atomic E-state index is 9.66. The summed E-state index contributed by atoms with van der Waals surface area (Å²) in [5.41, 5.74) is 8.39. The van der Waals surface area contributed by atoms with Crippen LogP contribution in [-0.4, -0.2) is 15.3 Å². The number of hydrogen-bond donors (Lipinski definition) is 2. The summed E-state index contributed by atoms with van der Waals surface area (Å²) in [6, 6.07) is 6.92. The number of nitrogen functional groups attached to an aromatic ring is 1. The van der Waals surface area contributed by atoms with Crippen LogP contribution in [0.2, 0.25) is 0 Å². The van der Waals surface area contributed by atoms with Crippen LogP contribution < -0.4 is 5.73 Å². The first-order chi connectivity index (χ1) is 7.20. The number of nitrogens with two attached hydrogens (primary N) is 1. The highest BCUT2D eigenvalue weighted by Gasteiger charge is 2.10. The Kier molecular flexibility index (Phi) is 2.25. The van der Waals surface area contributed by atoms with Gasteiger partial charge in [0.05, 0.1) is 11.9 Å². The Labute approximate surface area is 87.4 Å². The van der Waals surface area contributed by atoms with Crippen molar-refractivity contribution in [2.45, 2.75) is 6.92 Å². The Balaban J connectivity index is 2.65. The number of phenolic OH excluding ortho intramolecular Hbond substituents is 1. The molecule has 0 saturated heterocycles. The molecule has 0 spiro atoms. The topological polar surface area (TPSA) is 72.0 Å². The molecule has 0 aliphatic carbocycles. The first-order valence-electron chi connectivity index (χ1n) is 4.56. The molecule has 3 N–H and O–H groups in total. The Hall–Kier alpha value is -2.10. The third-order valence-electron chi connectivity index (χ3n) is 2.25. The molecule has 0 atom stereocenters. The van der Waals surface area contributed by atoms with Crippen molar-refractivity contribution in [1.29, 1.82) is 0 Å². The van der Waals surface area contributed by atoms with Gasteiger partial charge in [0.15, 0.2) is 0 Å². The van der Waals surface area contributed by atoms with Crippen molar-refractivity contribution in [1.82, 2.24) is 10.2 Å². The Morgan fingerprint density at radius 1 is 1.27 bits per heavy atom. The Morgan fingerprint density at radius 3 is 2.73 bits per heavy atom. The van der Waals surface area contributed by atoms with Crippen LogP contribution in [0.5, 0.6) is 5.75 Å². The highest BCUT2D eigenvalue weighted by Crippen LogP contribution is 2.31. The van der Waals surface area contributed by atoms with Gasteiger partial charge in [0.2, 0.25) is 0 Å². The Morgan fingerprint density at radius 2 is 2.00 bits per heavy atom. The zero-order valence-corrected chi connectivity index (χ0v) is 8.31. The van der Waals surface area contributed by atoms with Gasteiger partial charge in [-0.1, -0.05) is 12.1 Å². The zero-order valence-electron chi connectivity index (χ0n) is 8.31. The minimum Gasteiger partial charge on any atom is -0.507 e. The van der Waals surface area contributed by atoms with Crippen LogP contribution in [0.15, 0.2) is 30.5 Å². The van der Waals surface area contributed by atoms with E-state index in [0.29, 0.717) is 16.9 Å². The van der Waals surface area contributed by atoms with Gasteiger partial charge in [0.1, 0.15) is 11.4 Å². The highest BCUT2D eigenvalue weighted by molar-refractivity contribution is 5.77. The number of aromatic hydroxyl groups is 1. The van der Waals surface area contributed by atoms with Crippen molar-refractivity contribution >= 4 is 5.69 Å². The van der Waals surface area contributed by atoms with Gasteiger partial charge in [0.25, 0.3) is 0 Å². The van der Waals surface area contributed by atoms with Gasteiger partial charge in [-0.15, -0.1) is 5.10 Å². The summed E-state index contributed by atoms with van der Waals surface area (Å²) >= 11 is 0. The highest BCUT2D eigenvalue weighted by atomic mass is 16.3. The standard InChI is InChI=1S/C11H11N3O/c1-7-6-13-14-11(10(7)12)8-4-2-3-5-9(8)15/h2-6,15H,1H3,(H2,12,13). The van der Waals surface area contributed by atoms with E-state index in [4.69, 9.17) is 5.73 Å². The van der Waals surface area contributed by atoms with E-state index in [-0.39, 0.29) is 5.75 Å². The molecular weight excluding hydrogens is 190 g/mol. The number of rotatable bonds is 1. The first kappa shape index (κ1) is 9.45. The molecule has 1 heterocycles. The van der Waals surface area contributed by atoms with Crippen molar-refractivity contribution in [3.8, 4) is 17.0 Å². The Bertz CT molecular complexity index is 497. The largest absolute Gasteiger partial charge is 0.507 e. The average Bonchev–Trinajstić information content (AvgIpc) is 2.23. The summed E-state index contributed by atoms with van der Waals surface area (Å²) in [5, 5.41) is 17.4. The minimum atomic E-state index is 0.157. The molecule has 1 aromatic carbocycles. The van der Waals surface area contributed by atoms with Crippen LogP contribution in [0.3, 0.4) is 0 Å². The number of phenols is 1. The minimum absolute atomic E-state index is 0.157. The van der Waals surface area contributed by atoms with E-state index < -0.39 is 0 Å². The fourth-order valence-corrected chi connectivity index (χ4v) is 1.36. The second-order valence-corrected chi connectivity index (χ2v) is 3.31. The number of anilines is 1. The fraction of sp³-hybridized carbons (Fsp3) is 0.0909. The van der Waals surface area contributed by atoms with E-state index in [0.717, 1.165) is 5.56 Å². The van der Waals surface area contributed by atoms with E-state index in [1.54, 1.807) is 24.4 Å². The van der Waals surface area contributed by atoms with Gasteiger partial charge in [0, 0.05) is 5.56 Å². The number of para-hydroxylation sites is 1. The molecule has 76 valence electrons. The second-order valence-electron chi connectivity index (χ2n) is 3.31. The SMILES string of the molecule is Cc1cnnc(-c2ccccc2O)c1N. The number of benzene rings is 1. The summed E-state index contributed by atoms with van der Waals surface area (Å²) in [7, 11) is 0. The summed E-state index contributed by atoms with van der Waals surface area (Å²) < 4.78 is 0. The number of nitrogens with zero attached hydrogens (tertiary/aromatic N) is 2. The maximum absolute atomic E-state index is 9.66. The van der Waals surface area contributed by atoms with Crippen LogP contribution in [0.1, 0.15) is 5.56 Å². The lowest BCUT2D eigenvalue weighted by atomic mass is 10.1. The van der Waals surface area contributed by atoms with Gasteiger partial charge in [-0.3, -0.25) is 0 Å². The van der Waals surface area contributed by atoms with Gasteiger partial charge in [-0.2, -0.15) is 5.10 Å². The lowest BCUT2D eigenvalue weighted by Gasteiger charge is -2.07. The van der Waals surface area contributed by atoms with Gasteiger partial charge in [-0.25, -0.2) is 0 Å². The van der Waals surface area contributed by atoms with Gasteiger partial charge >= 0.3 is 0 Å². The first-order valence-corrected chi connectivity index (χ1v) is 4.56. The zero-order chi connectivity index (χ0) is 10.8. The van der Waals surface area contributed by atoms with E-state index in [1.165, 1.54) is 0 Å². The molecule has 0 aliphatic rings. The molecule has 15 heavy (non-hydrogen) atoms. The normalized spacial score (nSPS) is 10.2. The number of aryl methyl sites for hydroxylation is 1. The maximum Gasteiger partial charge on any atom is 0.125 e. The molecule has 0 radical (unpaired) electrons. The van der Waals surface area contributed by atoms with Crippen molar-refractivity contribution in [2.75, 3.05) is 5.73 Å². The molecule has 0 unspecified atom stereocenters.